The molecule has 1 amide bonds. The van der Waals surface area contributed by atoms with Crippen LogP contribution in [0.2, 0.25) is 0 Å². The minimum atomic E-state index is 0.105. The highest BCUT2D eigenvalue weighted by Crippen LogP contribution is 2.30. The summed E-state index contributed by atoms with van der Waals surface area (Å²) in [5, 5.41) is 4.21. The molecule has 1 saturated carbocycles. The fraction of sp³-hybridized carbons (Fsp3) is 0.200. The van der Waals surface area contributed by atoms with E-state index in [2.05, 4.69) is 17.2 Å². The Kier molecular flexibility index (Phi) is 3.87. The molecule has 1 fully saturated rings. The predicted octanol–water partition coefficient (Wildman–Crippen LogP) is 3.68. The van der Waals surface area contributed by atoms with Gasteiger partial charge in [0.25, 0.3) is 5.91 Å². The number of hydrogen-bond acceptors (Lipinski definition) is 2. The van der Waals surface area contributed by atoms with Crippen LogP contribution in [-0.4, -0.2) is 26.6 Å². The van der Waals surface area contributed by atoms with E-state index in [0.717, 1.165) is 24.1 Å². The number of nitrogens with zero attached hydrogens (tertiary/aromatic N) is 3. The van der Waals surface area contributed by atoms with E-state index in [4.69, 9.17) is 0 Å². The third-order valence-corrected chi connectivity index (χ3v) is 4.33. The number of carbonyl (C=O) groups excluding carboxylic acids is 1. The van der Waals surface area contributed by atoms with Gasteiger partial charge in [-0.25, -0.2) is 4.68 Å². The summed E-state index contributed by atoms with van der Waals surface area (Å²) in [4.78, 5) is 14.9. The molecule has 0 spiro atoms. The van der Waals surface area contributed by atoms with E-state index in [1.54, 1.807) is 10.9 Å². The van der Waals surface area contributed by atoms with Crippen molar-refractivity contribution in [2.75, 3.05) is 0 Å². The Hall–Kier alpha value is -2.88. The van der Waals surface area contributed by atoms with Gasteiger partial charge < -0.3 is 4.90 Å². The molecule has 0 N–H and O–H groups in total. The van der Waals surface area contributed by atoms with Crippen molar-refractivity contribution in [1.82, 2.24) is 14.7 Å². The molecule has 120 valence electrons. The van der Waals surface area contributed by atoms with Crippen LogP contribution in [0.3, 0.4) is 0 Å². The van der Waals surface area contributed by atoms with Crippen molar-refractivity contribution in [3.8, 4) is 5.69 Å². The second-order valence-electron chi connectivity index (χ2n) is 6.15. The van der Waals surface area contributed by atoms with Crippen molar-refractivity contribution in [1.29, 1.82) is 0 Å². The number of benzene rings is 2. The van der Waals surface area contributed by atoms with E-state index in [1.165, 1.54) is 5.56 Å². The maximum absolute atomic E-state index is 12.9. The number of carbonyl (C=O) groups is 1. The van der Waals surface area contributed by atoms with E-state index >= 15 is 0 Å². The fourth-order valence-corrected chi connectivity index (χ4v) is 2.88. The van der Waals surface area contributed by atoms with Crippen LogP contribution in [0, 0.1) is 0 Å². The Morgan fingerprint density at radius 2 is 1.79 bits per heavy atom. The van der Waals surface area contributed by atoms with E-state index in [9.17, 15) is 4.79 Å². The molecule has 0 unspecified atom stereocenters. The zero-order chi connectivity index (χ0) is 16.4. The molecule has 4 nitrogen and oxygen atoms in total. The molecule has 0 bridgehead atoms. The Balaban J connectivity index is 1.54. The first-order valence-electron chi connectivity index (χ1n) is 8.26. The summed E-state index contributed by atoms with van der Waals surface area (Å²) in [6.45, 7) is 0.672. The lowest BCUT2D eigenvalue weighted by molar-refractivity contribution is 0.0730. The van der Waals surface area contributed by atoms with Crippen molar-refractivity contribution in [2.24, 2.45) is 0 Å². The van der Waals surface area contributed by atoms with Gasteiger partial charge >= 0.3 is 0 Å². The van der Waals surface area contributed by atoms with E-state index < -0.39 is 0 Å². The summed E-state index contributed by atoms with van der Waals surface area (Å²) in [6.07, 6.45) is 5.84. The Labute approximate surface area is 141 Å². The monoisotopic (exact) mass is 317 g/mol. The summed E-state index contributed by atoms with van der Waals surface area (Å²) in [7, 11) is 0. The van der Waals surface area contributed by atoms with Gasteiger partial charge in [-0.05, 0) is 48.7 Å². The zero-order valence-corrected chi connectivity index (χ0v) is 13.4. The smallest absolute Gasteiger partial charge is 0.254 e. The van der Waals surface area contributed by atoms with Gasteiger partial charge in [0.2, 0.25) is 0 Å². The Bertz CT molecular complexity index is 806. The van der Waals surface area contributed by atoms with E-state index in [1.807, 2.05) is 59.6 Å². The maximum Gasteiger partial charge on any atom is 0.254 e. The SMILES string of the molecule is O=C(c1ccc(-n2cccn2)cc1)N(Cc1ccccc1)C1CC1. The van der Waals surface area contributed by atoms with Gasteiger partial charge in [-0.2, -0.15) is 5.10 Å². The van der Waals surface area contributed by atoms with Gasteiger partial charge in [0.15, 0.2) is 0 Å². The van der Waals surface area contributed by atoms with Crippen molar-refractivity contribution in [2.45, 2.75) is 25.4 Å². The number of hydrogen-bond donors (Lipinski definition) is 0. The second-order valence-corrected chi connectivity index (χ2v) is 6.15. The van der Waals surface area contributed by atoms with Gasteiger partial charge in [0, 0.05) is 30.5 Å². The largest absolute Gasteiger partial charge is 0.331 e. The summed E-state index contributed by atoms with van der Waals surface area (Å²) in [5.41, 5.74) is 2.86. The van der Waals surface area contributed by atoms with E-state index in [0.29, 0.717) is 12.6 Å². The molecular weight excluding hydrogens is 298 g/mol. The highest BCUT2D eigenvalue weighted by Gasteiger charge is 2.33. The van der Waals surface area contributed by atoms with Crippen LogP contribution in [-0.2, 0) is 6.54 Å². The minimum absolute atomic E-state index is 0.105. The van der Waals surface area contributed by atoms with Gasteiger partial charge in [-0.3, -0.25) is 4.79 Å². The second kappa shape index (κ2) is 6.32. The molecule has 0 aliphatic heterocycles. The molecule has 1 aliphatic rings. The first-order chi connectivity index (χ1) is 11.8. The molecule has 24 heavy (non-hydrogen) atoms. The minimum Gasteiger partial charge on any atom is -0.331 e. The fourth-order valence-electron chi connectivity index (χ4n) is 2.88. The highest BCUT2D eigenvalue weighted by atomic mass is 16.2. The Morgan fingerprint density at radius 3 is 2.42 bits per heavy atom. The van der Waals surface area contributed by atoms with Crippen molar-refractivity contribution >= 4 is 5.91 Å². The number of rotatable bonds is 5. The molecular formula is C20H19N3O. The summed E-state index contributed by atoms with van der Waals surface area (Å²) >= 11 is 0. The van der Waals surface area contributed by atoms with E-state index in [-0.39, 0.29) is 5.91 Å². The lowest BCUT2D eigenvalue weighted by Crippen LogP contribution is -2.32. The lowest BCUT2D eigenvalue weighted by atomic mass is 10.1. The first kappa shape index (κ1) is 14.7. The van der Waals surface area contributed by atoms with Crippen LogP contribution >= 0.6 is 0 Å². The van der Waals surface area contributed by atoms with Crippen LogP contribution in [0.15, 0.2) is 73.1 Å². The summed E-state index contributed by atoms with van der Waals surface area (Å²) in [6, 6.07) is 20.1. The topological polar surface area (TPSA) is 38.1 Å². The Morgan fingerprint density at radius 1 is 1.04 bits per heavy atom. The van der Waals surface area contributed by atoms with Gasteiger partial charge in [0.1, 0.15) is 0 Å². The average Bonchev–Trinajstić information content (AvgIpc) is 3.33. The number of aromatic nitrogens is 2. The normalized spacial score (nSPS) is 13.7. The summed E-state index contributed by atoms with van der Waals surface area (Å²) in [5.74, 6) is 0.105. The maximum atomic E-state index is 12.9. The third-order valence-electron chi connectivity index (χ3n) is 4.33. The molecule has 2 aromatic carbocycles. The lowest BCUT2D eigenvalue weighted by Gasteiger charge is -2.23. The van der Waals surface area contributed by atoms with Crippen molar-refractivity contribution in [3.05, 3.63) is 84.2 Å². The zero-order valence-electron chi connectivity index (χ0n) is 13.4. The molecule has 1 heterocycles. The third kappa shape index (κ3) is 3.08. The molecule has 0 saturated heterocycles. The predicted molar refractivity (Wildman–Crippen MR) is 92.9 cm³/mol. The average molecular weight is 317 g/mol. The van der Waals surface area contributed by atoms with Gasteiger partial charge in [-0.15, -0.1) is 0 Å². The van der Waals surface area contributed by atoms with Gasteiger partial charge in [-0.1, -0.05) is 30.3 Å². The standard InChI is InChI=1S/C20H19N3O/c24-20(17-7-9-19(10-8-17)23-14-4-13-21-23)22(18-11-12-18)15-16-5-2-1-3-6-16/h1-10,13-14,18H,11-12,15H2. The van der Waals surface area contributed by atoms with Gasteiger partial charge in [0.05, 0.1) is 5.69 Å². The quantitative estimate of drug-likeness (QED) is 0.720. The van der Waals surface area contributed by atoms with Crippen molar-refractivity contribution < 1.29 is 4.79 Å². The van der Waals surface area contributed by atoms with Crippen LogP contribution in [0.5, 0.6) is 0 Å². The molecule has 3 aromatic rings. The highest BCUT2D eigenvalue weighted by molar-refractivity contribution is 5.94. The molecule has 4 rings (SSSR count). The van der Waals surface area contributed by atoms with Crippen LogP contribution < -0.4 is 0 Å². The van der Waals surface area contributed by atoms with Crippen LogP contribution in [0.1, 0.15) is 28.8 Å². The molecule has 1 aromatic heterocycles. The van der Waals surface area contributed by atoms with Crippen molar-refractivity contribution in [3.63, 3.8) is 0 Å². The molecule has 0 atom stereocenters. The number of amides is 1. The first-order valence-corrected chi connectivity index (χ1v) is 8.26. The van der Waals surface area contributed by atoms with Crippen LogP contribution in [0.4, 0.5) is 0 Å². The molecule has 0 radical (unpaired) electrons. The van der Waals surface area contributed by atoms with Crippen LogP contribution in [0.25, 0.3) is 5.69 Å². The molecule has 1 aliphatic carbocycles. The molecule has 4 heteroatoms. The summed E-state index contributed by atoms with van der Waals surface area (Å²) < 4.78 is 1.79.